The van der Waals surface area contributed by atoms with Gasteiger partial charge in [0, 0.05) is 11.6 Å². The number of carbonyl (C=O) groups excluding carboxylic acids is 1. The van der Waals surface area contributed by atoms with Gasteiger partial charge in [-0.15, -0.1) is 0 Å². The van der Waals surface area contributed by atoms with Crippen molar-refractivity contribution in [2.45, 2.75) is 24.9 Å². The van der Waals surface area contributed by atoms with Crippen LogP contribution in [-0.2, 0) is 0 Å². The number of benzene rings is 1. The SMILES string of the molecule is COc1ccc(C(=O)CSc2nc(C(C)C)cc(=O)[nH]2)cc1. The lowest BCUT2D eigenvalue weighted by atomic mass is 10.1. The van der Waals surface area contributed by atoms with E-state index in [0.29, 0.717) is 16.5 Å². The molecule has 6 heteroatoms. The number of nitrogens with one attached hydrogen (secondary N) is 1. The molecule has 0 unspecified atom stereocenters. The topological polar surface area (TPSA) is 72.0 Å². The molecule has 5 nitrogen and oxygen atoms in total. The molecule has 2 aromatic rings. The summed E-state index contributed by atoms with van der Waals surface area (Å²) in [5.41, 5.74) is 1.14. The molecular formula is C16H18N2O3S. The Hall–Kier alpha value is -2.08. The summed E-state index contributed by atoms with van der Waals surface area (Å²) in [5, 5.41) is 0.470. The number of methoxy groups -OCH3 is 1. The summed E-state index contributed by atoms with van der Waals surface area (Å²) in [5.74, 6) is 1.07. The second-order valence-electron chi connectivity index (χ2n) is 5.07. The number of Topliss-reactive ketones (excluding diaryl/α,β-unsaturated/α-hetero) is 1. The van der Waals surface area contributed by atoms with Crippen molar-refractivity contribution in [1.29, 1.82) is 0 Å². The van der Waals surface area contributed by atoms with Crippen LogP contribution in [0.15, 0.2) is 40.3 Å². The lowest BCUT2D eigenvalue weighted by molar-refractivity contribution is 0.102. The van der Waals surface area contributed by atoms with Crippen LogP contribution in [0.1, 0.15) is 35.8 Å². The third kappa shape index (κ3) is 4.21. The molecule has 0 atom stereocenters. The first kappa shape index (κ1) is 16.3. The summed E-state index contributed by atoms with van der Waals surface area (Å²) in [4.78, 5) is 30.7. The second kappa shape index (κ2) is 7.26. The number of rotatable bonds is 6. The highest BCUT2D eigenvalue weighted by Crippen LogP contribution is 2.18. The van der Waals surface area contributed by atoms with Crippen LogP contribution < -0.4 is 10.3 Å². The Morgan fingerprint density at radius 2 is 2.00 bits per heavy atom. The minimum Gasteiger partial charge on any atom is -0.497 e. The minimum atomic E-state index is -0.196. The molecule has 1 N–H and O–H groups in total. The van der Waals surface area contributed by atoms with Crippen molar-refractivity contribution in [3.63, 3.8) is 0 Å². The zero-order valence-corrected chi connectivity index (χ0v) is 13.6. The molecule has 2 rings (SSSR count). The van der Waals surface area contributed by atoms with Crippen LogP contribution >= 0.6 is 11.8 Å². The highest BCUT2D eigenvalue weighted by molar-refractivity contribution is 7.99. The van der Waals surface area contributed by atoms with E-state index in [1.165, 1.54) is 17.8 Å². The van der Waals surface area contributed by atoms with Crippen LogP contribution in [0.2, 0.25) is 0 Å². The fraction of sp³-hybridized carbons (Fsp3) is 0.312. The standard InChI is InChI=1S/C16H18N2O3S/c1-10(2)13-8-15(20)18-16(17-13)22-9-14(19)11-4-6-12(21-3)7-5-11/h4-8,10H,9H2,1-3H3,(H,17,18,20). The predicted octanol–water partition coefficient (Wildman–Crippen LogP) is 2.88. The summed E-state index contributed by atoms with van der Waals surface area (Å²) in [7, 11) is 1.58. The van der Waals surface area contributed by atoms with Gasteiger partial charge < -0.3 is 9.72 Å². The number of H-pyrrole nitrogens is 1. The molecule has 0 radical (unpaired) electrons. The number of ketones is 1. The fourth-order valence-electron chi connectivity index (χ4n) is 1.81. The van der Waals surface area contributed by atoms with Crippen LogP contribution in [0.25, 0.3) is 0 Å². The molecule has 0 fully saturated rings. The molecule has 0 spiro atoms. The monoisotopic (exact) mass is 318 g/mol. The number of ether oxygens (including phenoxy) is 1. The fourth-order valence-corrected chi connectivity index (χ4v) is 2.59. The van der Waals surface area contributed by atoms with Gasteiger partial charge >= 0.3 is 0 Å². The Morgan fingerprint density at radius 1 is 1.32 bits per heavy atom. The molecule has 22 heavy (non-hydrogen) atoms. The van der Waals surface area contributed by atoms with Gasteiger partial charge in [0.05, 0.1) is 18.6 Å². The second-order valence-corrected chi connectivity index (χ2v) is 6.03. The smallest absolute Gasteiger partial charge is 0.251 e. The summed E-state index contributed by atoms with van der Waals surface area (Å²) in [6.07, 6.45) is 0. The van der Waals surface area contributed by atoms with E-state index in [4.69, 9.17) is 4.74 Å². The number of thioether (sulfide) groups is 1. The largest absolute Gasteiger partial charge is 0.497 e. The molecule has 1 aromatic carbocycles. The Bertz CT molecular complexity index is 708. The highest BCUT2D eigenvalue weighted by Gasteiger charge is 2.10. The third-order valence-electron chi connectivity index (χ3n) is 3.08. The molecule has 0 aliphatic rings. The molecular weight excluding hydrogens is 300 g/mol. The number of hydrogen-bond donors (Lipinski definition) is 1. The number of aromatic nitrogens is 2. The van der Waals surface area contributed by atoms with E-state index < -0.39 is 0 Å². The Morgan fingerprint density at radius 3 is 2.59 bits per heavy atom. The van der Waals surface area contributed by atoms with E-state index in [1.807, 2.05) is 13.8 Å². The van der Waals surface area contributed by atoms with Gasteiger partial charge in [-0.2, -0.15) is 0 Å². The van der Waals surface area contributed by atoms with Crippen molar-refractivity contribution in [3.8, 4) is 5.75 Å². The van der Waals surface area contributed by atoms with Crippen molar-refractivity contribution < 1.29 is 9.53 Å². The van der Waals surface area contributed by atoms with E-state index >= 15 is 0 Å². The van der Waals surface area contributed by atoms with Gasteiger partial charge in [-0.05, 0) is 30.2 Å². The van der Waals surface area contributed by atoms with E-state index in [2.05, 4.69) is 9.97 Å². The first-order valence-corrected chi connectivity index (χ1v) is 7.89. The normalized spacial score (nSPS) is 10.7. The zero-order chi connectivity index (χ0) is 16.1. The average Bonchev–Trinajstić information content (AvgIpc) is 2.52. The van der Waals surface area contributed by atoms with E-state index in [1.54, 1.807) is 31.4 Å². The third-order valence-corrected chi connectivity index (χ3v) is 3.96. The number of carbonyl (C=O) groups is 1. The van der Waals surface area contributed by atoms with Crippen molar-refractivity contribution in [2.24, 2.45) is 0 Å². The number of aromatic amines is 1. The summed E-state index contributed by atoms with van der Waals surface area (Å²) in [6, 6.07) is 8.43. The lowest BCUT2D eigenvalue weighted by Crippen LogP contribution is -2.12. The van der Waals surface area contributed by atoms with Crippen LogP contribution in [-0.4, -0.2) is 28.6 Å². The Kier molecular flexibility index (Phi) is 5.38. The van der Waals surface area contributed by atoms with Crippen molar-refractivity contribution in [2.75, 3.05) is 12.9 Å². The van der Waals surface area contributed by atoms with Gasteiger partial charge in [-0.3, -0.25) is 9.59 Å². The molecule has 0 aliphatic heterocycles. The van der Waals surface area contributed by atoms with E-state index in [-0.39, 0.29) is 23.0 Å². The van der Waals surface area contributed by atoms with Crippen molar-refractivity contribution in [1.82, 2.24) is 9.97 Å². The quantitative estimate of drug-likeness (QED) is 0.504. The maximum Gasteiger partial charge on any atom is 0.251 e. The zero-order valence-electron chi connectivity index (χ0n) is 12.8. The Labute approximate surface area is 133 Å². The van der Waals surface area contributed by atoms with E-state index in [9.17, 15) is 9.59 Å². The van der Waals surface area contributed by atoms with Gasteiger partial charge in [-0.25, -0.2) is 4.98 Å². The maximum atomic E-state index is 12.1. The van der Waals surface area contributed by atoms with Crippen LogP contribution in [0.5, 0.6) is 5.75 Å². The lowest BCUT2D eigenvalue weighted by Gasteiger charge is -2.06. The number of hydrogen-bond acceptors (Lipinski definition) is 5. The molecule has 0 saturated carbocycles. The van der Waals surface area contributed by atoms with Gasteiger partial charge in [0.2, 0.25) is 0 Å². The number of nitrogens with zero attached hydrogens (tertiary/aromatic N) is 1. The predicted molar refractivity (Wildman–Crippen MR) is 87.0 cm³/mol. The van der Waals surface area contributed by atoms with Crippen molar-refractivity contribution >= 4 is 17.5 Å². The van der Waals surface area contributed by atoms with Gasteiger partial charge in [0.1, 0.15) is 5.75 Å². The summed E-state index contributed by atoms with van der Waals surface area (Å²) >= 11 is 1.23. The molecule has 0 saturated heterocycles. The van der Waals surface area contributed by atoms with Crippen LogP contribution in [0.3, 0.4) is 0 Å². The van der Waals surface area contributed by atoms with Crippen LogP contribution in [0.4, 0.5) is 0 Å². The van der Waals surface area contributed by atoms with E-state index in [0.717, 1.165) is 5.69 Å². The highest BCUT2D eigenvalue weighted by atomic mass is 32.2. The minimum absolute atomic E-state index is 0.0229. The molecule has 0 bridgehead atoms. The summed E-state index contributed by atoms with van der Waals surface area (Å²) < 4.78 is 5.06. The van der Waals surface area contributed by atoms with Gasteiger partial charge in [0.25, 0.3) is 5.56 Å². The van der Waals surface area contributed by atoms with Crippen LogP contribution in [0, 0.1) is 0 Å². The molecule has 116 valence electrons. The maximum absolute atomic E-state index is 12.1. The first-order valence-electron chi connectivity index (χ1n) is 6.91. The molecule has 0 amide bonds. The first-order chi connectivity index (χ1) is 10.5. The van der Waals surface area contributed by atoms with Gasteiger partial charge in [-0.1, -0.05) is 25.6 Å². The Balaban J connectivity index is 2.05. The van der Waals surface area contributed by atoms with Gasteiger partial charge in [0.15, 0.2) is 10.9 Å². The summed E-state index contributed by atoms with van der Waals surface area (Å²) in [6.45, 7) is 3.94. The average molecular weight is 318 g/mol. The van der Waals surface area contributed by atoms with Crippen molar-refractivity contribution in [3.05, 3.63) is 51.9 Å². The molecule has 0 aliphatic carbocycles. The molecule has 1 aromatic heterocycles. The molecule has 1 heterocycles.